The van der Waals surface area contributed by atoms with E-state index in [2.05, 4.69) is 11.8 Å². The average Bonchev–Trinajstić information content (AvgIpc) is 2.60. The summed E-state index contributed by atoms with van der Waals surface area (Å²) in [7, 11) is 0. The smallest absolute Gasteiger partial charge is 0.339 e. The Balaban J connectivity index is 1.97. The molecule has 1 saturated heterocycles. The van der Waals surface area contributed by atoms with Crippen LogP contribution in [0.4, 0.5) is 0 Å². The van der Waals surface area contributed by atoms with Gasteiger partial charge in [0.25, 0.3) is 0 Å². The molecule has 4 nitrogen and oxygen atoms in total. The Morgan fingerprint density at radius 2 is 2.26 bits per heavy atom. The Hall–Kier alpha value is -1.29. The third-order valence-electron chi connectivity index (χ3n) is 4.10. The van der Waals surface area contributed by atoms with Crippen molar-refractivity contribution in [3.05, 3.63) is 23.2 Å². The highest BCUT2D eigenvalue weighted by atomic mass is 16.4. The normalized spacial score (nSPS) is 21.3. The first kappa shape index (κ1) is 14.1. The zero-order valence-electron chi connectivity index (χ0n) is 11.8. The van der Waals surface area contributed by atoms with E-state index in [-0.39, 0.29) is 5.56 Å². The molecule has 1 unspecified atom stereocenters. The van der Waals surface area contributed by atoms with Crippen LogP contribution < -0.4 is 0 Å². The van der Waals surface area contributed by atoms with Crippen molar-refractivity contribution in [2.45, 2.75) is 46.1 Å². The molecule has 0 aromatic carbocycles. The van der Waals surface area contributed by atoms with Crippen LogP contribution in [0.3, 0.4) is 0 Å². The summed E-state index contributed by atoms with van der Waals surface area (Å²) in [6.07, 6.45) is 5.04. The van der Waals surface area contributed by atoms with Crippen molar-refractivity contribution in [1.82, 2.24) is 4.90 Å². The summed E-state index contributed by atoms with van der Waals surface area (Å²) in [5.74, 6) is 1.21. The lowest BCUT2D eigenvalue weighted by Gasteiger charge is -2.18. The molecule has 19 heavy (non-hydrogen) atoms. The van der Waals surface area contributed by atoms with Crippen LogP contribution in [-0.2, 0) is 6.54 Å². The van der Waals surface area contributed by atoms with Crippen molar-refractivity contribution in [3.63, 3.8) is 0 Å². The van der Waals surface area contributed by atoms with E-state index in [1.54, 1.807) is 13.0 Å². The molecular weight excluding hydrogens is 242 g/mol. The SMILES string of the molecule is CCC1CCCN(Cc2cc(C(=O)O)c(C)o2)CC1. The Kier molecular flexibility index (Phi) is 4.64. The van der Waals surface area contributed by atoms with Gasteiger partial charge in [-0.15, -0.1) is 0 Å². The van der Waals surface area contributed by atoms with Gasteiger partial charge in [0.1, 0.15) is 17.1 Å². The Morgan fingerprint density at radius 1 is 1.47 bits per heavy atom. The summed E-state index contributed by atoms with van der Waals surface area (Å²) >= 11 is 0. The minimum absolute atomic E-state index is 0.288. The standard InChI is InChI=1S/C15H23NO3/c1-3-12-5-4-7-16(8-6-12)10-13-9-14(15(17)18)11(2)19-13/h9,12H,3-8,10H2,1-2H3,(H,17,18). The molecule has 1 atom stereocenters. The lowest BCUT2D eigenvalue weighted by atomic mass is 9.98. The zero-order valence-corrected chi connectivity index (χ0v) is 11.8. The molecule has 0 bridgehead atoms. The van der Waals surface area contributed by atoms with E-state index < -0.39 is 5.97 Å². The van der Waals surface area contributed by atoms with Crippen molar-refractivity contribution in [2.75, 3.05) is 13.1 Å². The predicted octanol–water partition coefficient (Wildman–Crippen LogP) is 3.30. The van der Waals surface area contributed by atoms with Crippen molar-refractivity contribution in [1.29, 1.82) is 0 Å². The van der Waals surface area contributed by atoms with Crippen molar-refractivity contribution < 1.29 is 14.3 Å². The molecule has 0 saturated carbocycles. The topological polar surface area (TPSA) is 53.7 Å². The van der Waals surface area contributed by atoms with E-state index in [4.69, 9.17) is 9.52 Å². The molecule has 1 aromatic rings. The van der Waals surface area contributed by atoms with Gasteiger partial charge in [0.05, 0.1) is 6.54 Å². The van der Waals surface area contributed by atoms with E-state index in [9.17, 15) is 4.79 Å². The lowest BCUT2D eigenvalue weighted by molar-refractivity contribution is 0.0695. The third-order valence-corrected chi connectivity index (χ3v) is 4.10. The predicted molar refractivity (Wildman–Crippen MR) is 73.3 cm³/mol. The first-order valence-electron chi connectivity index (χ1n) is 7.15. The summed E-state index contributed by atoms with van der Waals surface area (Å²) in [4.78, 5) is 13.4. The molecule has 1 aliphatic rings. The lowest BCUT2D eigenvalue weighted by Crippen LogP contribution is -2.24. The van der Waals surface area contributed by atoms with E-state index in [0.717, 1.165) is 31.3 Å². The van der Waals surface area contributed by atoms with Gasteiger partial charge in [-0.3, -0.25) is 4.90 Å². The molecule has 1 aliphatic heterocycles. The largest absolute Gasteiger partial charge is 0.478 e. The van der Waals surface area contributed by atoms with Crippen LogP contribution in [0.1, 0.15) is 54.5 Å². The molecule has 1 N–H and O–H groups in total. The maximum atomic E-state index is 11.0. The number of carbonyl (C=O) groups is 1. The summed E-state index contributed by atoms with van der Waals surface area (Å²) in [6, 6.07) is 1.67. The van der Waals surface area contributed by atoms with Crippen molar-refractivity contribution >= 4 is 5.97 Å². The molecular formula is C15H23NO3. The van der Waals surface area contributed by atoms with Crippen LogP contribution in [0.15, 0.2) is 10.5 Å². The van der Waals surface area contributed by atoms with Gasteiger partial charge in [-0.25, -0.2) is 4.79 Å². The molecule has 106 valence electrons. The molecule has 2 heterocycles. The number of aryl methyl sites for hydroxylation is 1. The van der Waals surface area contributed by atoms with Crippen molar-refractivity contribution in [2.24, 2.45) is 5.92 Å². The highest BCUT2D eigenvalue weighted by Crippen LogP contribution is 2.22. The van der Waals surface area contributed by atoms with Crippen LogP contribution >= 0.6 is 0 Å². The van der Waals surface area contributed by atoms with Crippen LogP contribution in [0, 0.1) is 12.8 Å². The summed E-state index contributed by atoms with van der Waals surface area (Å²) in [5.41, 5.74) is 0.288. The van der Waals surface area contributed by atoms with E-state index in [1.165, 1.54) is 25.7 Å². The maximum absolute atomic E-state index is 11.0. The second-order valence-electron chi connectivity index (χ2n) is 5.47. The summed E-state index contributed by atoms with van der Waals surface area (Å²) < 4.78 is 5.55. The fourth-order valence-electron chi connectivity index (χ4n) is 2.85. The number of aromatic carboxylic acids is 1. The average molecular weight is 265 g/mol. The molecule has 0 amide bonds. The van der Waals surface area contributed by atoms with Gasteiger partial charge in [-0.2, -0.15) is 0 Å². The number of nitrogens with zero attached hydrogens (tertiary/aromatic N) is 1. The van der Waals surface area contributed by atoms with Crippen LogP contribution in [0.25, 0.3) is 0 Å². The van der Waals surface area contributed by atoms with Gasteiger partial charge in [-0.1, -0.05) is 13.3 Å². The quantitative estimate of drug-likeness (QED) is 0.907. The first-order valence-corrected chi connectivity index (χ1v) is 7.15. The van der Waals surface area contributed by atoms with Crippen LogP contribution in [0.5, 0.6) is 0 Å². The molecule has 0 aliphatic carbocycles. The van der Waals surface area contributed by atoms with Crippen molar-refractivity contribution in [3.8, 4) is 0 Å². The van der Waals surface area contributed by atoms with E-state index >= 15 is 0 Å². The van der Waals surface area contributed by atoms with Crippen LogP contribution in [-0.4, -0.2) is 29.1 Å². The molecule has 2 rings (SSSR count). The van der Waals surface area contributed by atoms with Gasteiger partial charge in [0, 0.05) is 0 Å². The van der Waals surface area contributed by atoms with Gasteiger partial charge in [0.2, 0.25) is 0 Å². The first-order chi connectivity index (χ1) is 9.10. The van der Waals surface area contributed by atoms with Crippen LogP contribution in [0.2, 0.25) is 0 Å². The molecule has 1 fully saturated rings. The Bertz CT molecular complexity index is 439. The summed E-state index contributed by atoms with van der Waals surface area (Å²) in [5, 5.41) is 9.02. The Morgan fingerprint density at radius 3 is 2.89 bits per heavy atom. The number of rotatable bonds is 4. The minimum Gasteiger partial charge on any atom is -0.478 e. The number of furan rings is 1. The van der Waals surface area contributed by atoms with E-state index in [0.29, 0.717) is 5.76 Å². The highest BCUT2D eigenvalue weighted by Gasteiger charge is 2.19. The fourth-order valence-corrected chi connectivity index (χ4v) is 2.85. The van der Waals surface area contributed by atoms with Gasteiger partial charge >= 0.3 is 5.97 Å². The summed E-state index contributed by atoms with van der Waals surface area (Å²) in [6.45, 7) is 6.86. The number of carboxylic acid groups (broad SMARTS) is 1. The highest BCUT2D eigenvalue weighted by molar-refractivity contribution is 5.88. The number of likely N-dealkylation sites (tertiary alicyclic amines) is 1. The number of hydrogen-bond donors (Lipinski definition) is 1. The number of hydrogen-bond acceptors (Lipinski definition) is 3. The van der Waals surface area contributed by atoms with Gasteiger partial charge < -0.3 is 9.52 Å². The molecule has 0 radical (unpaired) electrons. The second kappa shape index (κ2) is 6.24. The number of carboxylic acids is 1. The third kappa shape index (κ3) is 3.60. The van der Waals surface area contributed by atoms with E-state index in [1.807, 2.05) is 0 Å². The van der Waals surface area contributed by atoms with Gasteiger partial charge in [-0.05, 0) is 51.3 Å². The zero-order chi connectivity index (χ0) is 13.8. The molecule has 0 spiro atoms. The second-order valence-corrected chi connectivity index (χ2v) is 5.47. The monoisotopic (exact) mass is 265 g/mol. The Labute approximate surface area is 114 Å². The fraction of sp³-hybridized carbons (Fsp3) is 0.667. The van der Waals surface area contributed by atoms with Gasteiger partial charge in [0.15, 0.2) is 0 Å². The molecule has 1 aromatic heterocycles. The minimum atomic E-state index is -0.908. The molecule has 4 heteroatoms. The maximum Gasteiger partial charge on any atom is 0.339 e.